The van der Waals surface area contributed by atoms with Gasteiger partial charge in [-0.15, -0.1) is 0 Å². The molecule has 1 saturated heterocycles. The SMILES string of the molecule is COc1ccc(CO[C@H](C)C[C@@H](/C=C/[C@@H]2OC(C)(C)O[C@H]2CCO[Si](C)(C)C(C)(C)C)O[Si](c2ccccc2)(c2ccccc2)C(C)(C)C)cc1. The Hall–Kier alpha value is -2.57. The largest absolute Gasteiger partial charge is 0.497 e. The molecule has 1 aliphatic rings. The molecule has 1 aliphatic heterocycles. The maximum atomic E-state index is 7.68. The lowest BCUT2D eigenvalue weighted by Crippen LogP contribution is -2.67. The molecule has 0 unspecified atom stereocenters. The van der Waals surface area contributed by atoms with E-state index in [9.17, 15) is 0 Å². The quantitative estimate of drug-likeness (QED) is 0.108. The molecule has 0 amide bonds. The molecule has 0 aromatic heterocycles. The third-order valence-corrected chi connectivity index (χ3v) is 20.0. The summed E-state index contributed by atoms with van der Waals surface area (Å²) in [5, 5.41) is 2.47. The normalized spacial score (nSPS) is 19.7. The van der Waals surface area contributed by atoms with Gasteiger partial charge in [0.2, 0.25) is 0 Å². The van der Waals surface area contributed by atoms with Crippen LogP contribution < -0.4 is 15.1 Å². The van der Waals surface area contributed by atoms with Gasteiger partial charge in [0.1, 0.15) is 11.9 Å². The van der Waals surface area contributed by atoms with Crippen LogP contribution >= 0.6 is 0 Å². The Morgan fingerprint density at radius 2 is 1.37 bits per heavy atom. The molecule has 4 rings (SSSR count). The van der Waals surface area contributed by atoms with Gasteiger partial charge >= 0.3 is 0 Å². The number of benzene rings is 3. The van der Waals surface area contributed by atoms with Crippen molar-refractivity contribution in [1.82, 2.24) is 0 Å². The van der Waals surface area contributed by atoms with E-state index in [1.54, 1.807) is 7.11 Å². The Morgan fingerprint density at radius 3 is 1.88 bits per heavy atom. The first kappa shape index (κ1) is 41.2. The average Bonchev–Trinajstić information content (AvgIpc) is 3.37. The predicted molar refractivity (Wildman–Crippen MR) is 215 cm³/mol. The second-order valence-electron chi connectivity index (χ2n) is 16.9. The van der Waals surface area contributed by atoms with Crippen LogP contribution in [-0.4, -0.2) is 60.6 Å². The van der Waals surface area contributed by atoms with E-state index >= 15 is 0 Å². The van der Waals surface area contributed by atoms with Gasteiger partial charge in [0.05, 0.1) is 32.0 Å². The van der Waals surface area contributed by atoms with Crippen LogP contribution in [0, 0.1) is 0 Å². The first-order chi connectivity index (χ1) is 23.9. The molecule has 4 atom stereocenters. The van der Waals surface area contributed by atoms with Crippen molar-refractivity contribution in [2.24, 2.45) is 0 Å². The van der Waals surface area contributed by atoms with Crippen molar-refractivity contribution in [3.8, 4) is 5.75 Å². The summed E-state index contributed by atoms with van der Waals surface area (Å²) in [6.45, 7) is 25.6. The molecule has 0 aliphatic carbocycles. The van der Waals surface area contributed by atoms with Crippen molar-refractivity contribution in [3.05, 3.63) is 103 Å². The molecule has 0 radical (unpaired) electrons. The van der Waals surface area contributed by atoms with Gasteiger partial charge in [-0.1, -0.05) is 126 Å². The number of methoxy groups -OCH3 is 1. The highest BCUT2D eigenvalue weighted by Gasteiger charge is 2.51. The lowest BCUT2D eigenvalue weighted by atomic mass is 10.1. The van der Waals surface area contributed by atoms with Crippen LogP contribution in [0.3, 0.4) is 0 Å². The van der Waals surface area contributed by atoms with Crippen LogP contribution in [0.1, 0.15) is 80.7 Å². The van der Waals surface area contributed by atoms with Gasteiger partial charge < -0.3 is 27.8 Å². The minimum atomic E-state index is -2.87. The van der Waals surface area contributed by atoms with E-state index in [-0.39, 0.29) is 34.5 Å². The summed E-state index contributed by atoms with van der Waals surface area (Å²) >= 11 is 0. The third kappa shape index (κ3) is 10.8. The van der Waals surface area contributed by atoms with E-state index in [1.165, 1.54) is 10.4 Å². The van der Waals surface area contributed by atoms with Gasteiger partial charge in [-0.05, 0) is 78.4 Å². The van der Waals surface area contributed by atoms with Crippen LogP contribution in [0.4, 0.5) is 0 Å². The number of hydrogen-bond donors (Lipinski definition) is 0. The topological polar surface area (TPSA) is 55.4 Å². The third-order valence-electron chi connectivity index (χ3n) is 10.4. The highest BCUT2D eigenvalue weighted by atomic mass is 28.4. The fraction of sp³-hybridized carbons (Fsp3) is 0.535. The summed E-state index contributed by atoms with van der Waals surface area (Å²) in [6.07, 6.45) is 5.13. The maximum absolute atomic E-state index is 7.68. The summed E-state index contributed by atoms with van der Waals surface area (Å²) in [5.41, 5.74) is 1.10. The minimum absolute atomic E-state index is 0.0778. The average molecular weight is 733 g/mol. The van der Waals surface area contributed by atoms with E-state index in [1.807, 2.05) is 26.0 Å². The first-order valence-electron chi connectivity index (χ1n) is 18.6. The van der Waals surface area contributed by atoms with E-state index in [4.69, 9.17) is 27.8 Å². The predicted octanol–water partition coefficient (Wildman–Crippen LogP) is 9.42. The minimum Gasteiger partial charge on any atom is -0.497 e. The summed E-state index contributed by atoms with van der Waals surface area (Å²) < 4.78 is 39.1. The molecule has 0 N–H and O–H groups in total. The van der Waals surface area contributed by atoms with Crippen LogP contribution in [0.15, 0.2) is 97.1 Å². The molecule has 8 heteroatoms. The van der Waals surface area contributed by atoms with E-state index in [0.29, 0.717) is 19.6 Å². The van der Waals surface area contributed by atoms with Gasteiger partial charge in [0, 0.05) is 13.0 Å². The molecule has 51 heavy (non-hydrogen) atoms. The summed E-state index contributed by atoms with van der Waals surface area (Å²) in [6, 6.07) is 29.7. The maximum Gasteiger partial charge on any atom is 0.261 e. The monoisotopic (exact) mass is 732 g/mol. The van der Waals surface area contributed by atoms with E-state index < -0.39 is 22.4 Å². The lowest BCUT2D eigenvalue weighted by molar-refractivity contribution is -0.144. The molecule has 0 spiro atoms. The fourth-order valence-electron chi connectivity index (χ4n) is 6.57. The zero-order valence-electron chi connectivity index (χ0n) is 33.3. The molecule has 0 saturated carbocycles. The number of ether oxygens (including phenoxy) is 4. The Bertz CT molecular complexity index is 1470. The number of hydrogen-bond acceptors (Lipinski definition) is 6. The van der Waals surface area contributed by atoms with Crippen molar-refractivity contribution in [2.75, 3.05) is 13.7 Å². The molecule has 6 nitrogen and oxygen atoms in total. The van der Waals surface area contributed by atoms with E-state index in [2.05, 4.69) is 147 Å². The molecular formula is C43H64O6Si2. The second kappa shape index (κ2) is 17.1. The van der Waals surface area contributed by atoms with Gasteiger partial charge in [0.15, 0.2) is 14.1 Å². The van der Waals surface area contributed by atoms with Crippen molar-refractivity contribution >= 4 is 27.0 Å². The standard InChI is InChI=1S/C43H64O6Si2/c1-33(45-32-34-23-25-35(44-10)26-24-34)31-36(27-28-39-40(48-43(8,9)47-39)29-30-46-50(11,12)41(2,3)4)49-51(42(5,6)7,37-19-15-13-16-20-37)38-21-17-14-18-22-38/h13-28,33,36,39-40H,29-32H2,1-12H3/b28-27+/t33-,36-,39+,40+/m1/s1. The van der Waals surface area contributed by atoms with Gasteiger partial charge in [-0.3, -0.25) is 0 Å². The van der Waals surface area contributed by atoms with Crippen LogP contribution in [0.2, 0.25) is 23.2 Å². The Morgan fingerprint density at radius 1 is 0.804 bits per heavy atom. The first-order valence-corrected chi connectivity index (χ1v) is 23.4. The van der Waals surface area contributed by atoms with Gasteiger partial charge in [0.25, 0.3) is 8.32 Å². The molecule has 3 aromatic rings. The van der Waals surface area contributed by atoms with Crippen molar-refractivity contribution in [2.45, 2.75) is 135 Å². The molecule has 1 heterocycles. The second-order valence-corrected chi connectivity index (χ2v) is 26.0. The highest BCUT2D eigenvalue weighted by Crippen LogP contribution is 2.40. The van der Waals surface area contributed by atoms with Crippen LogP contribution in [0.25, 0.3) is 0 Å². The molecule has 280 valence electrons. The highest BCUT2D eigenvalue weighted by molar-refractivity contribution is 6.99. The molecular weight excluding hydrogens is 669 g/mol. The summed E-state index contributed by atoms with van der Waals surface area (Å²) in [4.78, 5) is 0. The van der Waals surface area contributed by atoms with Crippen molar-refractivity contribution in [3.63, 3.8) is 0 Å². The lowest BCUT2D eigenvalue weighted by Gasteiger charge is -2.45. The zero-order chi connectivity index (χ0) is 37.5. The molecule has 1 fully saturated rings. The van der Waals surface area contributed by atoms with Gasteiger partial charge in [-0.2, -0.15) is 0 Å². The smallest absolute Gasteiger partial charge is 0.261 e. The number of rotatable bonds is 16. The fourth-order valence-corrected chi connectivity index (χ4v) is 12.3. The summed E-state index contributed by atoms with van der Waals surface area (Å²) in [7, 11) is -3.07. The van der Waals surface area contributed by atoms with E-state index in [0.717, 1.165) is 17.7 Å². The molecule has 0 bridgehead atoms. The van der Waals surface area contributed by atoms with Crippen LogP contribution in [0.5, 0.6) is 5.75 Å². The van der Waals surface area contributed by atoms with Crippen molar-refractivity contribution in [1.29, 1.82) is 0 Å². The Balaban J connectivity index is 1.66. The zero-order valence-corrected chi connectivity index (χ0v) is 35.3. The van der Waals surface area contributed by atoms with Crippen molar-refractivity contribution < 1.29 is 27.8 Å². The Kier molecular flexibility index (Phi) is 13.8. The summed E-state index contributed by atoms with van der Waals surface area (Å²) in [5.74, 6) is 0.140. The van der Waals surface area contributed by atoms with Gasteiger partial charge in [-0.25, -0.2) is 0 Å². The molecule has 3 aromatic carbocycles. The Labute approximate surface area is 311 Å². The van der Waals surface area contributed by atoms with Crippen LogP contribution in [-0.2, 0) is 29.7 Å².